The van der Waals surface area contributed by atoms with Crippen LogP contribution in [-0.4, -0.2) is 91.0 Å². The molecule has 0 saturated carbocycles. The molecule has 0 spiro atoms. The van der Waals surface area contributed by atoms with Crippen molar-refractivity contribution in [2.75, 3.05) is 68.6 Å². The molecule has 0 unspecified atom stereocenters. The van der Waals surface area contributed by atoms with Crippen LogP contribution >= 0.6 is 0 Å². The molecule has 13 heteroatoms. The molecular weight excluding hydrogens is 628 g/mol. The molecule has 0 bridgehead atoms. The standard InChI is InChI=1S/C36H46N6O7/c1-36(2,3)49-35(45)40-29-10-6-5-9-28(29)39-33(43)30-13-11-26(24-37-30)25-42(16-8-4-7-15-41-17-19-46-20-18-41)34(44)38-27-12-14-31-32(23-27)48-22-21-47-31/h5-6,9-14,23-24H,4,7-8,15-22,25H2,1-3H3,(H,38,44)(H,39,43)(H,40,45). The maximum Gasteiger partial charge on any atom is 0.412 e. The molecule has 3 aromatic rings. The Labute approximate surface area is 287 Å². The number of benzene rings is 2. The van der Waals surface area contributed by atoms with Crippen molar-refractivity contribution in [3.8, 4) is 11.5 Å². The number of carbonyl (C=O) groups excluding carboxylic acids is 3. The summed E-state index contributed by atoms with van der Waals surface area (Å²) in [5.41, 5.74) is 1.70. The van der Waals surface area contributed by atoms with Gasteiger partial charge in [-0.05, 0) is 76.1 Å². The molecule has 2 aliphatic rings. The first kappa shape index (κ1) is 35.4. The Morgan fingerprint density at radius 2 is 1.59 bits per heavy atom. The number of ether oxygens (including phenoxy) is 4. The number of amides is 4. The lowest BCUT2D eigenvalue weighted by molar-refractivity contribution is 0.0371. The number of unbranched alkanes of at least 4 members (excludes halogenated alkanes) is 2. The summed E-state index contributed by atoms with van der Waals surface area (Å²) in [6, 6.07) is 15.4. The topological polar surface area (TPSA) is 144 Å². The Balaban J connectivity index is 1.20. The molecule has 1 aromatic heterocycles. The molecule has 3 heterocycles. The van der Waals surface area contributed by atoms with E-state index in [9.17, 15) is 14.4 Å². The fraction of sp³-hybridized carbons (Fsp3) is 0.444. The van der Waals surface area contributed by atoms with Gasteiger partial charge in [-0.25, -0.2) is 9.59 Å². The van der Waals surface area contributed by atoms with E-state index in [1.807, 2.05) is 0 Å². The summed E-state index contributed by atoms with van der Waals surface area (Å²) in [6.07, 6.45) is 3.83. The number of aromatic nitrogens is 1. The third kappa shape index (κ3) is 11.1. The number of morpholine rings is 1. The van der Waals surface area contributed by atoms with Gasteiger partial charge < -0.3 is 34.5 Å². The van der Waals surface area contributed by atoms with Gasteiger partial charge in [-0.1, -0.05) is 24.6 Å². The highest BCUT2D eigenvalue weighted by molar-refractivity contribution is 6.05. The normalized spacial score (nSPS) is 14.4. The van der Waals surface area contributed by atoms with Gasteiger partial charge >= 0.3 is 12.1 Å². The van der Waals surface area contributed by atoms with E-state index in [0.29, 0.717) is 54.9 Å². The fourth-order valence-corrected chi connectivity index (χ4v) is 5.39. The van der Waals surface area contributed by atoms with Gasteiger partial charge in [-0.2, -0.15) is 0 Å². The lowest BCUT2D eigenvalue weighted by Crippen LogP contribution is -2.37. The summed E-state index contributed by atoms with van der Waals surface area (Å²) in [7, 11) is 0. The van der Waals surface area contributed by atoms with Crippen LogP contribution < -0.4 is 25.4 Å². The van der Waals surface area contributed by atoms with Gasteiger partial charge in [0.1, 0.15) is 24.5 Å². The number of nitrogens with zero attached hydrogens (tertiary/aromatic N) is 3. The first-order valence-electron chi connectivity index (χ1n) is 16.7. The zero-order chi connectivity index (χ0) is 34.6. The van der Waals surface area contributed by atoms with Gasteiger partial charge in [-0.15, -0.1) is 0 Å². The average molecular weight is 675 g/mol. The quantitative estimate of drug-likeness (QED) is 0.198. The van der Waals surface area contributed by atoms with E-state index >= 15 is 0 Å². The summed E-state index contributed by atoms with van der Waals surface area (Å²) in [5, 5.41) is 8.49. The number of pyridine rings is 1. The van der Waals surface area contributed by atoms with Crippen LogP contribution in [0, 0.1) is 0 Å². The van der Waals surface area contributed by atoms with Crippen molar-refractivity contribution < 1.29 is 33.3 Å². The van der Waals surface area contributed by atoms with Crippen molar-refractivity contribution in [2.45, 2.75) is 52.2 Å². The molecule has 13 nitrogen and oxygen atoms in total. The molecule has 49 heavy (non-hydrogen) atoms. The van der Waals surface area contributed by atoms with Crippen molar-refractivity contribution in [3.63, 3.8) is 0 Å². The molecule has 0 aliphatic carbocycles. The second-order valence-corrected chi connectivity index (χ2v) is 12.9. The number of nitrogens with one attached hydrogen (secondary N) is 3. The zero-order valence-corrected chi connectivity index (χ0v) is 28.5. The minimum absolute atomic E-state index is 0.186. The van der Waals surface area contributed by atoms with Crippen molar-refractivity contribution in [2.24, 2.45) is 0 Å². The van der Waals surface area contributed by atoms with Gasteiger partial charge in [0, 0.05) is 44.1 Å². The van der Waals surface area contributed by atoms with Gasteiger partial charge in [0.2, 0.25) is 0 Å². The van der Waals surface area contributed by atoms with Crippen molar-refractivity contribution >= 4 is 35.1 Å². The Morgan fingerprint density at radius 1 is 0.857 bits per heavy atom. The van der Waals surface area contributed by atoms with Crippen molar-refractivity contribution in [3.05, 3.63) is 72.1 Å². The molecule has 0 atom stereocenters. The average Bonchev–Trinajstić information content (AvgIpc) is 3.08. The third-order valence-electron chi connectivity index (χ3n) is 7.83. The smallest absolute Gasteiger partial charge is 0.412 e. The highest BCUT2D eigenvalue weighted by Crippen LogP contribution is 2.32. The predicted octanol–water partition coefficient (Wildman–Crippen LogP) is 5.99. The van der Waals surface area contributed by atoms with E-state index in [4.69, 9.17) is 18.9 Å². The van der Waals surface area contributed by atoms with E-state index in [0.717, 1.165) is 57.7 Å². The highest BCUT2D eigenvalue weighted by Gasteiger charge is 2.20. The van der Waals surface area contributed by atoms with Gasteiger partial charge in [0.25, 0.3) is 5.91 Å². The van der Waals surface area contributed by atoms with Crippen LogP contribution in [0.15, 0.2) is 60.8 Å². The molecule has 1 fully saturated rings. The Kier molecular flexibility index (Phi) is 12.3. The number of urea groups is 1. The molecule has 2 aromatic carbocycles. The number of hydrogen-bond acceptors (Lipinski definition) is 9. The van der Waals surface area contributed by atoms with E-state index in [2.05, 4.69) is 25.8 Å². The first-order valence-corrected chi connectivity index (χ1v) is 16.7. The lowest BCUT2D eigenvalue weighted by Gasteiger charge is -2.27. The number of anilines is 3. The molecule has 0 radical (unpaired) electrons. The molecule has 3 N–H and O–H groups in total. The van der Waals surface area contributed by atoms with Gasteiger partial charge in [-0.3, -0.25) is 20.0 Å². The number of fused-ring (bicyclic) bond motifs is 1. The van der Waals surface area contributed by atoms with Crippen LogP contribution in [0.5, 0.6) is 11.5 Å². The second kappa shape index (κ2) is 17.0. The molecule has 262 valence electrons. The minimum atomic E-state index is -0.668. The third-order valence-corrected chi connectivity index (χ3v) is 7.83. The highest BCUT2D eigenvalue weighted by atomic mass is 16.6. The number of carbonyl (C=O) groups is 3. The van der Waals surface area contributed by atoms with Gasteiger partial charge in [0.05, 0.1) is 24.6 Å². The summed E-state index contributed by atoms with van der Waals surface area (Å²) < 4.78 is 22.1. The van der Waals surface area contributed by atoms with Crippen LogP contribution in [-0.2, 0) is 16.0 Å². The maximum atomic E-state index is 13.6. The Bertz CT molecular complexity index is 1570. The second-order valence-electron chi connectivity index (χ2n) is 12.9. The summed E-state index contributed by atoms with van der Waals surface area (Å²) >= 11 is 0. The lowest BCUT2D eigenvalue weighted by atomic mass is 10.2. The summed E-state index contributed by atoms with van der Waals surface area (Å²) in [4.78, 5) is 47.6. The van der Waals surface area contributed by atoms with Crippen molar-refractivity contribution in [1.82, 2.24) is 14.8 Å². The van der Waals surface area contributed by atoms with E-state index in [1.54, 1.807) is 86.5 Å². The largest absolute Gasteiger partial charge is 0.486 e. The van der Waals surface area contributed by atoms with Crippen LogP contribution in [0.4, 0.5) is 26.7 Å². The molecule has 4 amide bonds. The van der Waals surface area contributed by atoms with Gasteiger partial charge in [0.15, 0.2) is 11.5 Å². The number of para-hydroxylation sites is 2. The summed E-state index contributed by atoms with van der Waals surface area (Å²) in [5.74, 6) is 0.804. The van der Waals surface area contributed by atoms with E-state index < -0.39 is 17.6 Å². The monoisotopic (exact) mass is 674 g/mol. The molecular formula is C36H46N6O7. The maximum absolute atomic E-state index is 13.6. The Hall–Kier alpha value is -4.88. The predicted molar refractivity (Wildman–Crippen MR) is 186 cm³/mol. The van der Waals surface area contributed by atoms with Crippen LogP contribution in [0.25, 0.3) is 0 Å². The van der Waals surface area contributed by atoms with Crippen LogP contribution in [0.3, 0.4) is 0 Å². The first-order chi connectivity index (χ1) is 23.6. The van der Waals surface area contributed by atoms with Crippen molar-refractivity contribution in [1.29, 1.82) is 0 Å². The molecule has 1 saturated heterocycles. The molecule has 5 rings (SSSR count). The number of rotatable bonds is 12. The molecule has 2 aliphatic heterocycles. The number of hydrogen-bond donors (Lipinski definition) is 3. The summed E-state index contributed by atoms with van der Waals surface area (Å²) in [6.45, 7) is 11.6. The minimum Gasteiger partial charge on any atom is -0.486 e. The Morgan fingerprint density at radius 3 is 2.31 bits per heavy atom. The van der Waals surface area contributed by atoms with Crippen LogP contribution in [0.2, 0.25) is 0 Å². The SMILES string of the molecule is CC(C)(C)OC(=O)Nc1ccccc1NC(=O)c1ccc(CN(CCCCCN2CCOCC2)C(=O)Nc2ccc3c(c2)OCCO3)cn1. The van der Waals surface area contributed by atoms with E-state index in [1.165, 1.54) is 0 Å². The van der Waals surface area contributed by atoms with E-state index in [-0.39, 0.29) is 11.7 Å². The zero-order valence-electron chi connectivity index (χ0n) is 28.5. The fourth-order valence-electron chi connectivity index (χ4n) is 5.39. The van der Waals surface area contributed by atoms with Crippen LogP contribution in [0.1, 0.15) is 56.1 Å².